The third kappa shape index (κ3) is 4.35. The topological polar surface area (TPSA) is 66.0 Å². The summed E-state index contributed by atoms with van der Waals surface area (Å²) in [6.07, 6.45) is 0. The summed E-state index contributed by atoms with van der Waals surface area (Å²) in [7, 11) is 1.60. The second-order valence-corrected chi connectivity index (χ2v) is 5.66. The van der Waals surface area contributed by atoms with E-state index in [0.717, 1.165) is 17.1 Å². The van der Waals surface area contributed by atoms with Crippen LogP contribution in [0, 0.1) is 0 Å². The van der Waals surface area contributed by atoms with Crippen molar-refractivity contribution in [3.8, 4) is 23.0 Å². The highest BCUT2D eigenvalue weighted by Gasteiger charge is 2.16. The highest BCUT2D eigenvalue weighted by molar-refractivity contribution is 5.78. The number of amides is 1. The zero-order valence-electron chi connectivity index (χ0n) is 14.3. The summed E-state index contributed by atoms with van der Waals surface area (Å²) in [5.74, 6) is 2.60. The zero-order chi connectivity index (χ0) is 17.6. The molecule has 1 aliphatic heterocycles. The lowest BCUT2D eigenvalue weighted by atomic mass is 10.1. The van der Waals surface area contributed by atoms with E-state index >= 15 is 0 Å². The van der Waals surface area contributed by atoms with Gasteiger partial charge in [0.25, 0.3) is 5.91 Å². The Labute approximate surface area is 146 Å². The van der Waals surface area contributed by atoms with Crippen molar-refractivity contribution in [2.24, 2.45) is 0 Å². The molecule has 1 unspecified atom stereocenters. The van der Waals surface area contributed by atoms with Crippen LogP contribution in [-0.4, -0.2) is 32.8 Å². The lowest BCUT2D eigenvalue weighted by molar-refractivity contribution is -0.123. The van der Waals surface area contributed by atoms with Gasteiger partial charge < -0.3 is 24.3 Å². The molecule has 0 fully saturated rings. The Morgan fingerprint density at radius 1 is 1.08 bits per heavy atom. The fraction of sp³-hybridized carbons (Fsp3) is 0.316. The molecule has 1 heterocycles. The van der Waals surface area contributed by atoms with E-state index in [9.17, 15) is 4.79 Å². The van der Waals surface area contributed by atoms with E-state index in [1.807, 2.05) is 25.1 Å². The Bertz CT molecular complexity index is 729. The first-order chi connectivity index (χ1) is 12.2. The number of fused-ring (bicyclic) bond motifs is 1. The fourth-order valence-corrected chi connectivity index (χ4v) is 2.52. The maximum atomic E-state index is 12.1. The van der Waals surface area contributed by atoms with E-state index in [-0.39, 0.29) is 18.6 Å². The van der Waals surface area contributed by atoms with E-state index in [1.165, 1.54) is 0 Å². The summed E-state index contributed by atoms with van der Waals surface area (Å²) < 4.78 is 21.6. The molecule has 1 atom stereocenters. The smallest absolute Gasteiger partial charge is 0.258 e. The second-order valence-electron chi connectivity index (χ2n) is 5.66. The highest BCUT2D eigenvalue weighted by atomic mass is 16.6. The Kier molecular flexibility index (Phi) is 5.28. The second kappa shape index (κ2) is 7.79. The first kappa shape index (κ1) is 17.0. The van der Waals surface area contributed by atoms with Crippen molar-refractivity contribution in [2.45, 2.75) is 13.0 Å². The minimum atomic E-state index is -0.196. The van der Waals surface area contributed by atoms with Gasteiger partial charge in [-0.15, -0.1) is 0 Å². The van der Waals surface area contributed by atoms with Crippen LogP contribution >= 0.6 is 0 Å². The quantitative estimate of drug-likeness (QED) is 0.874. The molecule has 132 valence electrons. The molecule has 1 amide bonds. The zero-order valence-corrected chi connectivity index (χ0v) is 14.3. The van der Waals surface area contributed by atoms with Crippen LogP contribution in [0.1, 0.15) is 18.5 Å². The van der Waals surface area contributed by atoms with Crippen molar-refractivity contribution in [1.29, 1.82) is 0 Å². The number of benzene rings is 2. The molecule has 6 heteroatoms. The van der Waals surface area contributed by atoms with Crippen molar-refractivity contribution >= 4 is 5.91 Å². The summed E-state index contributed by atoms with van der Waals surface area (Å²) >= 11 is 0. The van der Waals surface area contributed by atoms with Gasteiger partial charge in [-0.1, -0.05) is 6.07 Å². The number of rotatable bonds is 6. The minimum absolute atomic E-state index is 0.0543. The molecule has 0 bridgehead atoms. The van der Waals surface area contributed by atoms with Crippen LogP contribution in [0.25, 0.3) is 0 Å². The van der Waals surface area contributed by atoms with Crippen LogP contribution in [0.5, 0.6) is 23.0 Å². The lowest BCUT2D eigenvalue weighted by Crippen LogP contribution is -2.31. The van der Waals surface area contributed by atoms with Gasteiger partial charge in [0.2, 0.25) is 0 Å². The number of nitrogens with one attached hydrogen (secondary N) is 1. The standard InChI is InChI=1S/C19H21NO5/c1-13(14-3-8-17-18(11-14)24-10-9-23-17)20-19(21)12-25-16-6-4-15(22-2)5-7-16/h3-8,11,13H,9-10,12H2,1-2H3,(H,20,21). The van der Waals surface area contributed by atoms with Gasteiger partial charge in [0, 0.05) is 0 Å². The molecular weight excluding hydrogens is 322 g/mol. The average molecular weight is 343 g/mol. The monoisotopic (exact) mass is 343 g/mol. The molecule has 0 saturated carbocycles. The van der Waals surface area contributed by atoms with Crippen LogP contribution in [0.4, 0.5) is 0 Å². The number of hydrogen-bond donors (Lipinski definition) is 1. The Morgan fingerprint density at radius 3 is 2.48 bits per heavy atom. The molecule has 6 nitrogen and oxygen atoms in total. The van der Waals surface area contributed by atoms with Crippen LogP contribution in [0.3, 0.4) is 0 Å². The molecular formula is C19H21NO5. The summed E-state index contributed by atoms with van der Waals surface area (Å²) in [4.78, 5) is 12.1. The molecule has 0 spiro atoms. The molecule has 2 aromatic carbocycles. The van der Waals surface area contributed by atoms with Crippen molar-refractivity contribution in [3.63, 3.8) is 0 Å². The van der Waals surface area contributed by atoms with E-state index in [0.29, 0.717) is 24.7 Å². The first-order valence-corrected chi connectivity index (χ1v) is 8.11. The predicted octanol–water partition coefficient (Wildman–Crippen LogP) is 2.72. The summed E-state index contributed by atoms with van der Waals surface area (Å²) in [5, 5.41) is 2.91. The van der Waals surface area contributed by atoms with Crippen molar-refractivity contribution in [2.75, 3.05) is 26.9 Å². The fourth-order valence-electron chi connectivity index (χ4n) is 2.52. The minimum Gasteiger partial charge on any atom is -0.497 e. The van der Waals surface area contributed by atoms with Gasteiger partial charge >= 0.3 is 0 Å². The SMILES string of the molecule is COc1ccc(OCC(=O)NC(C)c2ccc3c(c2)OCCO3)cc1. The van der Waals surface area contributed by atoms with Crippen LogP contribution < -0.4 is 24.3 Å². The number of ether oxygens (including phenoxy) is 4. The van der Waals surface area contributed by atoms with Gasteiger partial charge in [0.1, 0.15) is 24.7 Å². The maximum absolute atomic E-state index is 12.1. The summed E-state index contributed by atoms with van der Waals surface area (Å²) in [6.45, 7) is 2.95. The molecule has 2 aromatic rings. The molecule has 1 N–H and O–H groups in total. The number of carbonyl (C=O) groups excluding carboxylic acids is 1. The van der Waals surface area contributed by atoms with Gasteiger partial charge in [0.15, 0.2) is 18.1 Å². The van der Waals surface area contributed by atoms with Crippen LogP contribution in [0.15, 0.2) is 42.5 Å². The molecule has 1 aliphatic rings. The summed E-state index contributed by atoms with van der Waals surface area (Å²) in [6, 6.07) is 12.6. The van der Waals surface area contributed by atoms with Gasteiger partial charge in [-0.2, -0.15) is 0 Å². The predicted molar refractivity (Wildman–Crippen MR) is 92.5 cm³/mol. The highest BCUT2D eigenvalue weighted by Crippen LogP contribution is 2.32. The number of hydrogen-bond acceptors (Lipinski definition) is 5. The largest absolute Gasteiger partial charge is 0.497 e. The third-order valence-corrected chi connectivity index (χ3v) is 3.87. The van der Waals surface area contributed by atoms with E-state index in [1.54, 1.807) is 31.4 Å². The molecule has 0 aliphatic carbocycles. The molecule has 0 aromatic heterocycles. The molecule has 0 saturated heterocycles. The Morgan fingerprint density at radius 2 is 1.76 bits per heavy atom. The van der Waals surface area contributed by atoms with E-state index < -0.39 is 0 Å². The summed E-state index contributed by atoms with van der Waals surface area (Å²) in [5.41, 5.74) is 0.946. The average Bonchev–Trinajstić information content (AvgIpc) is 2.66. The number of methoxy groups -OCH3 is 1. The molecule has 25 heavy (non-hydrogen) atoms. The van der Waals surface area contributed by atoms with Gasteiger partial charge in [-0.25, -0.2) is 0 Å². The molecule has 0 radical (unpaired) electrons. The van der Waals surface area contributed by atoms with Crippen molar-refractivity contribution in [3.05, 3.63) is 48.0 Å². The maximum Gasteiger partial charge on any atom is 0.258 e. The van der Waals surface area contributed by atoms with Gasteiger partial charge in [-0.3, -0.25) is 4.79 Å². The van der Waals surface area contributed by atoms with E-state index in [2.05, 4.69) is 5.32 Å². The van der Waals surface area contributed by atoms with E-state index in [4.69, 9.17) is 18.9 Å². The Balaban J connectivity index is 1.53. The van der Waals surface area contributed by atoms with Gasteiger partial charge in [0.05, 0.1) is 13.2 Å². The Hall–Kier alpha value is -2.89. The van der Waals surface area contributed by atoms with Crippen LogP contribution in [-0.2, 0) is 4.79 Å². The van der Waals surface area contributed by atoms with Crippen molar-refractivity contribution < 1.29 is 23.7 Å². The van der Waals surface area contributed by atoms with Gasteiger partial charge in [-0.05, 0) is 48.9 Å². The molecule has 3 rings (SSSR count). The third-order valence-electron chi connectivity index (χ3n) is 3.87. The first-order valence-electron chi connectivity index (χ1n) is 8.11. The van der Waals surface area contributed by atoms with Crippen molar-refractivity contribution in [1.82, 2.24) is 5.32 Å². The van der Waals surface area contributed by atoms with Crippen LogP contribution in [0.2, 0.25) is 0 Å². The number of carbonyl (C=O) groups is 1. The lowest BCUT2D eigenvalue weighted by Gasteiger charge is -2.21. The normalized spacial score (nSPS) is 13.7.